The Hall–Kier alpha value is -7.64. The molecule has 0 unspecified atom stereocenters. The number of alkyl halides is 6. The molecule has 0 amide bonds. The van der Waals surface area contributed by atoms with E-state index in [9.17, 15) is 26.3 Å². The van der Waals surface area contributed by atoms with E-state index in [1.165, 1.54) is 24.3 Å². The van der Waals surface area contributed by atoms with Crippen LogP contribution in [-0.2, 0) is 12.4 Å². The van der Waals surface area contributed by atoms with Crippen LogP contribution in [0, 0.1) is 27.7 Å². The molecule has 18 heteroatoms. The van der Waals surface area contributed by atoms with E-state index in [-0.39, 0.29) is 0 Å². The van der Waals surface area contributed by atoms with Gasteiger partial charge in [-0.3, -0.25) is 19.6 Å². The van der Waals surface area contributed by atoms with Gasteiger partial charge in [0.25, 0.3) is 0 Å². The summed E-state index contributed by atoms with van der Waals surface area (Å²) in [5, 5.41) is 25.3. The molecule has 2 saturated heterocycles. The smallest absolute Gasteiger partial charge is 0.297 e. The summed E-state index contributed by atoms with van der Waals surface area (Å²) in [7, 11) is 0. The molecular formula is C60H62F6N12. The predicted molar refractivity (Wildman–Crippen MR) is 291 cm³/mol. The zero-order valence-corrected chi connectivity index (χ0v) is 44.0. The summed E-state index contributed by atoms with van der Waals surface area (Å²) >= 11 is 0. The molecule has 404 valence electrons. The molecule has 0 radical (unpaired) electrons. The van der Waals surface area contributed by atoms with Gasteiger partial charge >= 0.3 is 12.4 Å². The van der Waals surface area contributed by atoms with Crippen molar-refractivity contribution in [2.24, 2.45) is 0 Å². The first-order valence-electron chi connectivity index (χ1n) is 26.0. The molecule has 2 aliphatic rings. The number of tetrazole rings is 2. The van der Waals surface area contributed by atoms with Gasteiger partial charge in [-0.15, -0.1) is 10.2 Å². The van der Waals surface area contributed by atoms with Gasteiger partial charge in [0.1, 0.15) is 0 Å². The van der Waals surface area contributed by atoms with E-state index in [0.717, 1.165) is 96.2 Å². The first-order valence-corrected chi connectivity index (χ1v) is 26.0. The molecule has 10 rings (SSSR count). The number of halogens is 6. The van der Waals surface area contributed by atoms with Gasteiger partial charge in [0.15, 0.2) is 11.6 Å². The van der Waals surface area contributed by atoms with Crippen LogP contribution in [0.15, 0.2) is 158 Å². The van der Waals surface area contributed by atoms with Crippen molar-refractivity contribution in [2.45, 2.75) is 52.1 Å². The molecule has 2 aliphatic heterocycles. The maximum atomic E-state index is 13.7. The SMILES string of the molecule is Cc1cccc(C)c1-n1nnnc1[C@H](c1cccc(C(F)(F)F)c1)N1CCN(C/C=C/c2ccccc2)CC1.Cc1cccc(C)c1-n1nnnc1[C@H](c1cccc(C(F)(F)F)c1)N1CCN(C/C=C/c2ccccc2)CC1. The fourth-order valence-corrected chi connectivity index (χ4v) is 10.4. The molecule has 0 saturated carbocycles. The van der Waals surface area contributed by atoms with Crippen molar-refractivity contribution < 1.29 is 26.3 Å². The van der Waals surface area contributed by atoms with Crippen LogP contribution in [0.5, 0.6) is 0 Å². The van der Waals surface area contributed by atoms with Crippen LogP contribution in [0.25, 0.3) is 23.5 Å². The minimum absolute atomic E-state index is 0.504. The van der Waals surface area contributed by atoms with Crippen LogP contribution in [0.3, 0.4) is 0 Å². The number of rotatable bonds is 14. The maximum absolute atomic E-state index is 13.7. The van der Waals surface area contributed by atoms with E-state index in [2.05, 4.69) is 99.2 Å². The summed E-state index contributed by atoms with van der Waals surface area (Å²) in [5.74, 6) is 1.01. The van der Waals surface area contributed by atoms with E-state index < -0.39 is 35.6 Å². The van der Waals surface area contributed by atoms with Gasteiger partial charge < -0.3 is 0 Å². The quantitative estimate of drug-likeness (QED) is 0.0979. The Kier molecular flexibility index (Phi) is 17.5. The first kappa shape index (κ1) is 55.1. The van der Waals surface area contributed by atoms with Crippen LogP contribution >= 0.6 is 0 Å². The van der Waals surface area contributed by atoms with Crippen molar-refractivity contribution in [3.63, 3.8) is 0 Å². The Morgan fingerprint density at radius 2 is 0.782 bits per heavy atom. The molecule has 2 aromatic heterocycles. The third-order valence-corrected chi connectivity index (χ3v) is 14.3. The highest BCUT2D eigenvalue weighted by Crippen LogP contribution is 2.37. The van der Waals surface area contributed by atoms with Crippen LogP contribution in [0.1, 0.15) is 79.4 Å². The van der Waals surface area contributed by atoms with E-state index in [4.69, 9.17) is 0 Å². The van der Waals surface area contributed by atoms with Crippen LogP contribution in [0.2, 0.25) is 0 Å². The van der Waals surface area contributed by atoms with Gasteiger partial charge in [0.05, 0.1) is 34.6 Å². The molecule has 78 heavy (non-hydrogen) atoms. The normalized spacial score (nSPS) is 16.1. The lowest BCUT2D eigenvalue weighted by Crippen LogP contribution is -2.48. The van der Waals surface area contributed by atoms with E-state index in [1.54, 1.807) is 21.5 Å². The molecule has 0 spiro atoms. The monoisotopic (exact) mass is 1060 g/mol. The zero-order valence-electron chi connectivity index (χ0n) is 44.0. The number of benzene rings is 6. The van der Waals surface area contributed by atoms with Crippen molar-refractivity contribution in [2.75, 3.05) is 65.4 Å². The van der Waals surface area contributed by atoms with Crippen molar-refractivity contribution in [3.05, 3.63) is 225 Å². The molecule has 0 bridgehead atoms. The van der Waals surface area contributed by atoms with E-state index in [1.807, 2.05) is 100 Å². The Bertz CT molecular complexity index is 3020. The summed E-state index contributed by atoms with van der Waals surface area (Å²) < 4.78 is 85.5. The van der Waals surface area contributed by atoms with E-state index in [0.29, 0.717) is 49.0 Å². The van der Waals surface area contributed by atoms with Gasteiger partial charge in [0, 0.05) is 65.4 Å². The van der Waals surface area contributed by atoms with E-state index >= 15 is 0 Å². The number of hydrogen-bond donors (Lipinski definition) is 0. The number of piperazine rings is 2. The second-order valence-electron chi connectivity index (χ2n) is 19.7. The standard InChI is InChI=1S/2C30H31F3N6/c2*1-22-9-6-10-23(2)27(22)39-29(34-35-36-39)28(25-14-7-15-26(21-25)30(31,32)33)38-19-17-37(18-20-38)16-8-13-24-11-4-3-5-12-24/h2*3-15,21,28H,16-20H2,1-2H3/b2*13-8+/t2*28-/m00/s1. The van der Waals surface area contributed by atoms with Gasteiger partial charge in [-0.25, -0.2) is 0 Å². The lowest BCUT2D eigenvalue weighted by atomic mass is 10.00. The summed E-state index contributed by atoms with van der Waals surface area (Å²) in [6, 6.07) is 42.1. The lowest BCUT2D eigenvalue weighted by molar-refractivity contribution is -0.138. The van der Waals surface area contributed by atoms with Gasteiger partial charge in [-0.05, 0) is 117 Å². The summed E-state index contributed by atoms with van der Waals surface area (Å²) in [5.41, 5.74) is 7.62. The van der Waals surface area contributed by atoms with Crippen molar-refractivity contribution in [1.29, 1.82) is 0 Å². The number of aromatic nitrogens is 8. The van der Waals surface area contributed by atoms with Crippen molar-refractivity contribution in [3.8, 4) is 11.4 Å². The topological polar surface area (TPSA) is 100 Å². The highest BCUT2D eigenvalue weighted by atomic mass is 19.4. The molecule has 8 aromatic rings. The zero-order chi connectivity index (χ0) is 54.8. The summed E-state index contributed by atoms with van der Waals surface area (Å²) in [6.07, 6.45) is -0.369. The predicted octanol–water partition coefficient (Wildman–Crippen LogP) is 11.4. The van der Waals surface area contributed by atoms with Gasteiger partial charge in [-0.2, -0.15) is 35.7 Å². The average molecular weight is 1070 g/mol. The van der Waals surface area contributed by atoms with Crippen molar-refractivity contribution >= 4 is 12.2 Å². The Morgan fingerprint density at radius 1 is 0.436 bits per heavy atom. The number of para-hydroxylation sites is 2. The fraction of sp³-hybridized carbons (Fsp3) is 0.300. The molecule has 6 aromatic carbocycles. The number of aryl methyl sites for hydroxylation is 4. The summed E-state index contributed by atoms with van der Waals surface area (Å²) in [4.78, 5) is 9.05. The number of hydrogen-bond acceptors (Lipinski definition) is 10. The minimum atomic E-state index is -4.44. The largest absolute Gasteiger partial charge is 0.416 e. The molecule has 0 aliphatic carbocycles. The fourth-order valence-electron chi connectivity index (χ4n) is 10.4. The average Bonchev–Trinajstić information content (AvgIpc) is 4.19. The highest BCUT2D eigenvalue weighted by molar-refractivity contribution is 5.51. The van der Waals surface area contributed by atoms with Gasteiger partial charge in [-0.1, -0.05) is 146 Å². The molecule has 12 nitrogen and oxygen atoms in total. The maximum Gasteiger partial charge on any atom is 0.416 e. The first-order chi connectivity index (χ1) is 37.6. The molecular weight excluding hydrogens is 1000 g/mol. The molecule has 0 N–H and O–H groups in total. The second kappa shape index (κ2) is 24.8. The third-order valence-electron chi connectivity index (χ3n) is 14.3. The third kappa shape index (κ3) is 13.4. The molecule has 2 atom stereocenters. The summed E-state index contributed by atoms with van der Waals surface area (Å²) in [6.45, 7) is 15.3. The lowest BCUT2D eigenvalue weighted by Gasteiger charge is -2.38. The minimum Gasteiger partial charge on any atom is -0.297 e. The Labute approximate surface area is 450 Å². The molecule has 4 heterocycles. The Morgan fingerprint density at radius 3 is 1.13 bits per heavy atom. The van der Waals surface area contributed by atoms with Crippen LogP contribution < -0.4 is 0 Å². The van der Waals surface area contributed by atoms with Crippen LogP contribution in [0.4, 0.5) is 26.3 Å². The van der Waals surface area contributed by atoms with Gasteiger partial charge in [0.2, 0.25) is 0 Å². The second-order valence-corrected chi connectivity index (χ2v) is 19.7. The molecule has 2 fully saturated rings. The Balaban J connectivity index is 0.000000190. The van der Waals surface area contributed by atoms with Crippen molar-refractivity contribution in [1.82, 2.24) is 60.0 Å². The van der Waals surface area contributed by atoms with Crippen LogP contribution in [-0.4, -0.2) is 125 Å². The number of nitrogens with zero attached hydrogens (tertiary/aromatic N) is 12. The highest BCUT2D eigenvalue weighted by Gasteiger charge is 2.37.